The fourth-order valence-electron chi connectivity index (χ4n) is 1.90. The molecular formula is C15H14BrNO4. The Bertz CT molecular complexity index is 658. The maximum absolute atomic E-state index is 10.7. The second-order valence-electron chi connectivity index (χ2n) is 4.57. The van der Waals surface area contributed by atoms with E-state index in [9.17, 15) is 15.2 Å². The van der Waals surface area contributed by atoms with Crippen LogP contribution in [0.2, 0.25) is 0 Å². The molecule has 0 aliphatic rings. The zero-order valence-corrected chi connectivity index (χ0v) is 12.9. The van der Waals surface area contributed by atoms with Crippen LogP contribution in [-0.2, 0) is 6.61 Å². The second-order valence-corrected chi connectivity index (χ2v) is 5.49. The highest BCUT2D eigenvalue weighted by molar-refractivity contribution is 9.10. The van der Waals surface area contributed by atoms with Gasteiger partial charge in [-0.05, 0) is 30.7 Å². The second kappa shape index (κ2) is 6.69. The molecule has 0 aliphatic heterocycles. The molecule has 0 saturated carbocycles. The standard InChI is InChI=1S/C15H14BrNO4/c1-10(18)14-8-12(16)5-6-15(14)21-9-11-3-2-4-13(7-11)17(19)20/h2-8,10,18H,9H2,1H3. The van der Waals surface area contributed by atoms with Crippen molar-refractivity contribution in [3.8, 4) is 5.75 Å². The molecule has 0 heterocycles. The Balaban J connectivity index is 2.16. The quantitative estimate of drug-likeness (QED) is 0.652. The van der Waals surface area contributed by atoms with Crippen molar-refractivity contribution in [1.82, 2.24) is 0 Å². The van der Waals surface area contributed by atoms with Gasteiger partial charge in [0, 0.05) is 22.2 Å². The van der Waals surface area contributed by atoms with E-state index in [0.717, 1.165) is 4.47 Å². The van der Waals surface area contributed by atoms with Crippen molar-refractivity contribution in [2.24, 2.45) is 0 Å². The largest absolute Gasteiger partial charge is 0.489 e. The fourth-order valence-corrected chi connectivity index (χ4v) is 2.28. The van der Waals surface area contributed by atoms with E-state index < -0.39 is 11.0 Å². The summed E-state index contributed by atoms with van der Waals surface area (Å²) in [5.41, 5.74) is 1.39. The average Bonchev–Trinajstić information content (AvgIpc) is 2.46. The van der Waals surface area contributed by atoms with E-state index in [0.29, 0.717) is 16.9 Å². The monoisotopic (exact) mass is 351 g/mol. The number of nitro groups is 1. The van der Waals surface area contributed by atoms with Crippen LogP contribution in [0.15, 0.2) is 46.9 Å². The molecule has 0 aliphatic carbocycles. The third-order valence-electron chi connectivity index (χ3n) is 2.94. The number of benzene rings is 2. The van der Waals surface area contributed by atoms with E-state index in [1.54, 1.807) is 31.2 Å². The van der Waals surface area contributed by atoms with E-state index in [1.165, 1.54) is 12.1 Å². The normalized spacial score (nSPS) is 12.0. The molecule has 1 N–H and O–H groups in total. The number of hydrogen-bond donors (Lipinski definition) is 1. The minimum atomic E-state index is -0.664. The molecule has 0 fully saturated rings. The summed E-state index contributed by atoms with van der Waals surface area (Å²) >= 11 is 3.34. The molecule has 21 heavy (non-hydrogen) atoms. The van der Waals surface area contributed by atoms with Crippen LogP contribution in [0.4, 0.5) is 5.69 Å². The van der Waals surface area contributed by atoms with Gasteiger partial charge in [-0.3, -0.25) is 10.1 Å². The van der Waals surface area contributed by atoms with E-state index in [2.05, 4.69) is 15.9 Å². The summed E-state index contributed by atoms with van der Waals surface area (Å²) in [6, 6.07) is 11.6. The van der Waals surface area contributed by atoms with Crippen molar-refractivity contribution in [1.29, 1.82) is 0 Å². The van der Waals surface area contributed by atoms with Crippen molar-refractivity contribution >= 4 is 21.6 Å². The Morgan fingerprint density at radius 2 is 2.10 bits per heavy atom. The fraction of sp³-hybridized carbons (Fsp3) is 0.200. The van der Waals surface area contributed by atoms with Gasteiger partial charge in [0.1, 0.15) is 12.4 Å². The highest BCUT2D eigenvalue weighted by atomic mass is 79.9. The molecular weight excluding hydrogens is 338 g/mol. The van der Waals surface area contributed by atoms with Crippen molar-refractivity contribution in [2.45, 2.75) is 19.6 Å². The summed E-state index contributed by atoms with van der Waals surface area (Å²) in [4.78, 5) is 10.3. The van der Waals surface area contributed by atoms with Crippen LogP contribution in [0.1, 0.15) is 24.2 Å². The molecule has 0 spiro atoms. The number of aliphatic hydroxyl groups excluding tert-OH is 1. The molecule has 0 aromatic heterocycles. The van der Waals surface area contributed by atoms with Gasteiger partial charge in [0.2, 0.25) is 0 Å². The lowest BCUT2D eigenvalue weighted by atomic mass is 10.1. The first-order valence-electron chi connectivity index (χ1n) is 6.31. The van der Waals surface area contributed by atoms with Crippen LogP contribution in [0, 0.1) is 10.1 Å². The summed E-state index contributed by atoms with van der Waals surface area (Å²) in [6.45, 7) is 1.85. The highest BCUT2D eigenvalue weighted by Gasteiger charge is 2.11. The molecule has 2 aromatic rings. The lowest BCUT2D eigenvalue weighted by molar-refractivity contribution is -0.384. The Morgan fingerprint density at radius 1 is 1.33 bits per heavy atom. The number of ether oxygens (including phenoxy) is 1. The molecule has 1 unspecified atom stereocenters. The Labute approximate surface area is 130 Å². The SMILES string of the molecule is CC(O)c1cc(Br)ccc1OCc1cccc([N+](=O)[O-])c1. The molecule has 0 radical (unpaired) electrons. The Kier molecular flexibility index (Phi) is 4.93. The molecule has 110 valence electrons. The smallest absolute Gasteiger partial charge is 0.269 e. The summed E-state index contributed by atoms with van der Waals surface area (Å²) in [5.74, 6) is 0.555. The minimum absolute atomic E-state index is 0.0302. The first-order chi connectivity index (χ1) is 9.97. The van der Waals surface area contributed by atoms with Gasteiger partial charge in [0.05, 0.1) is 11.0 Å². The summed E-state index contributed by atoms with van der Waals surface area (Å²) in [5, 5.41) is 20.5. The minimum Gasteiger partial charge on any atom is -0.489 e. The van der Waals surface area contributed by atoms with E-state index in [1.807, 2.05) is 6.07 Å². The maximum atomic E-state index is 10.7. The predicted octanol–water partition coefficient (Wildman–Crippen LogP) is 3.99. The van der Waals surface area contributed by atoms with Crippen molar-refractivity contribution in [3.63, 3.8) is 0 Å². The first kappa shape index (κ1) is 15.5. The number of nitrogens with zero attached hydrogens (tertiary/aromatic N) is 1. The van der Waals surface area contributed by atoms with Gasteiger partial charge in [-0.15, -0.1) is 0 Å². The van der Waals surface area contributed by atoms with Crippen molar-refractivity contribution < 1.29 is 14.8 Å². The maximum Gasteiger partial charge on any atom is 0.269 e. The van der Waals surface area contributed by atoms with Crippen LogP contribution in [0.5, 0.6) is 5.75 Å². The van der Waals surface area contributed by atoms with Gasteiger partial charge in [-0.1, -0.05) is 28.1 Å². The molecule has 5 nitrogen and oxygen atoms in total. The summed E-state index contributed by atoms with van der Waals surface area (Å²) < 4.78 is 6.52. The third-order valence-corrected chi connectivity index (χ3v) is 3.43. The zero-order valence-electron chi connectivity index (χ0n) is 11.3. The topological polar surface area (TPSA) is 72.6 Å². The molecule has 2 aromatic carbocycles. The average molecular weight is 352 g/mol. The molecule has 0 saturated heterocycles. The van der Waals surface area contributed by atoms with Gasteiger partial charge in [-0.25, -0.2) is 0 Å². The van der Waals surface area contributed by atoms with Gasteiger partial charge in [0.15, 0.2) is 0 Å². The summed E-state index contributed by atoms with van der Waals surface area (Å²) in [6.07, 6.45) is -0.664. The molecule has 0 amide bonds. The highest BCUT2D eigenvalue weighted by Crippen LogP contribution is 2.29. The number of aliphatic hydroxyl groups is 1. The number of rotatable bonds is 5. The van der Waals surface area contributed by atoms with Crippen LogP contribution in [-0.4, -0.2) is 10.0 Å². The predicted molar refractivity (Wildman–Crippen MR) is 82.2 cm³/mol. The summed E-state index contributed by atoms with van der Waals surface area (Å²) in [7, 11) is 0. The number of non-ortho nitro benzene ring substituents is 1. The van der Waals surface area contributed by atoms with Crippen LogP contribution < -0.4 is 4.74 Å². The number of hydrogen-bond acceptors (Lipinski definition) is 4. The van der Waals surface area contributed by atoms with E-state index >= 15 is 0 Å². The number of nitro benzene ring substituents is 1. The van der Waals surface area contributed by atoms with Crippen LogP contribution in [0.25, 0.3) is 0 Å². The molecule has 1 atom stereocenters. The van der Waals surface area contributed by atoms with E-state index in [4.69, 9.17) is 4.74 Å². The van der Waals surface area contributed by atoms with Gasteiger partial charge in [-0.2, -0.15) is 0 Å². The number of halogens is 1. The molecule has 6 heteroatoms. The van der Waals surface area contributed by atoms with Gasteiger partial charge in [0.25, 0.3) is 5.69 Å². The van der Waals surface area contributed by atoms with Gasteiger partial charge < -0.3 is 9.84 Å². The molecule has 0 bridgehead atoms. The van der Waals surface area contributed by atoms with E-state index in [-0.39, 0.29) is 12.3 Å². The van der Waals surface area contributed by atoms with Crippen molar-refractivity contribution in [2.75, 3.05) is 0 Å². The van der Waals surface area contributed by atoms with Crippen LogP contribution >= 0.6 is 15.9 Å². The van der Waals surface area contributed by atoms with Gasteiger partial charge >= 0.3 is 0 Å². The third kappa shape index (κ3) is 4.03. The zero-order chi connectivity index (χ0) is 15.4. The Morgan fingerprint density at radius 3 is 2.76 bits per heavy atom. The molecule has 2 rings (SSSR count). The van der Waals surface area contributed by atoms with Crippen molar-refractivity contribution in [3.05, 3.63) is 68.2 Å². The van der Waals surface area contributed by atoms with Crippen LogP contribution in [0.3, 0.4) is 0 Å². The Hall–Kier alpha value is -1.92. The lowest BCUT2D eigenvalue weighted by Crippen LogP contribution is -2.01. The first-order valence-corrected chi connectivity index (χ1v) is 7.10. The lowest BCUT2D eigenvalue weighted by Gasteiger charge is -2.14.